The molecule has 0 fully saturated rings. The quantitative estimate of drug-likeness (QED) is 0.190. The van der Waals surface area contributed by atoms with Crippen LogP contribution in [0.25, 0.3) is 22.5 Å². The topological polar surface area (TPSA) is 144 Å². The first kappa shape index (κ1) is 34.0. The molecule has 0 atom stereocenters. The van der Waals surface area contributed by atoms with Crippen LogP contribution >= 0.6 is 0 Å². The van der Waals surface area contributed by atoms with Gasteiger partial charge < -0.3 is 10.2 Å². The number of rotatable bonds is 6. The first-order valence-electron chi connectivity index (χ1n) is 14.1. The number of aryl methyl sites for hydroxylation is 2. The van der Waals surface area contributed by atoms with Crippen molar-refractivity contribution in [1.82, 2.24) is 19.6 Å². The van der Waals surface area contributed by atoms with Crippen LogP contribution in [0.15, 0.2) is 131 Å². The van der Waals surface area contributed by atoms with E-state index >= 15 is 0 Å². The maximum absolute atomic E-state index is 12.8. The van der Waals surface area contributed by atoms with Gasteiger partial charge in [-0.3, -0.25) is 19.2 Å². The van der Waals surface area contributed by atoms with E-state index in [-0.39, 0.29) is 39.6 Å². The molecule has 6 aromatic rings. The van der Waals surface area contributed by atoms with Crippen LogP contribution in [0.3, 0.4) is 0 Å². The van der Waals surface area contributed by atoms with Crippen LogP contribution in [0.4, 0.5) is 0 Å². The largest absolute Gasteiger partial charge is 0.502 e. The number of hydrogen-bond donors (Lipinski definition) is 2. The summed E-state index contributed by atoms with van der Waals surface area (Å²) in [5.74, 6) is -2.05. The Kier molecular flexibility index (Phi) is 10.8. The van der Waals surface area contributed by atoms with E-state index in [1.165, 1.54) is 14.1 Å². The maximum Gasteiger partial charge on any atom is 0.309 e. The summed E-state index contributed by atoms with van der Waals surface area (Å²) < 4.78 is 2.05. The predicted molar refractivity (Wildman–Crippen MR) is 173 cm³/mol. The monoisotopic (exact) mass is 675 g/mol. The van der Waals surface area contributed by atoms with Crippen LogP contribution in [-0.4, -0.2) is 41.3 Å². The number of aromatic hydroxyl groups is 2. The van der Waals surface area contributed by atoms with Gasteiger partial charge in [0.25, 0.3) is 0 Å². The molecule has 2 N–H and O–H groups in total. The van der Waals surface area contributed by atoms with Crippen molar-refractivity contribution in [3.63, 3.8) is 0 Å². The van der Waals surface area contributed by atoms with Gasteiger partial charge in [-0.2, -0.15) is 10.2 Å². The average molecular weight is 676 g/mol. The van der Waals surface area contributed by atoms with E-state index in [0.29, 0.717) is 22.3 Å². The fourth-order valence-electron chi connectivity index (χ4n) is 4.73. The minimum Gasteiger partial charge on any atom is -0.502 e. The molecule has 2 aromatic heterocycles. The molecule has 0 saturated carbocycles. The molecular formula is C36H28CuN4O6. The molecule has 10 nitrogen and oxygen atoms in total. The summed E-state index contributed by atoms with van der Waals surface area (Å²) in [6.07, 6.45) is 0. The molecule has 0 aliphatic rings. The first-order valence-corrected chi connectivity index (χ1v) is 14.1. The summed E-state index contributed by atoms with van der Waals surface area (Å²) in [5.41, 5.74) is 1.06. The Morgan fingerprint density at radius 2 is 0.787 bits per heavy atom. The second-order valence-corrected chi connectivity index (χ2v) is 10.1. The SMILES string of the molecule is Cn1nc(-c2ccccc2)c(C(=O)c2ccccc2)c(O)c1=O.Cn1nc(-c2ccccc2)c(C(=O)c2ccccc2)c(O)c1=O.[Cu]. The number of nitrogens with zero attached hydrogens (tertiary/aromatic N) is 4. The zero-order valence-corrected chi connectivity index (χ0v) is 26.1. The standard InChI is InChI=1S/2C18H14N2O3.Cu/c2*1-20-18(23)17(22)14(16(21)13-10-6-3-7-11-13)15(19-20)12-8-4-2-5-9-12;/h2*2-11,22H,1H3;. The van der Waals surface area contributed by atoms with Gasteiger partial charge in [-0.25, -0.2) is 9.36 Å². The number of carbonyl (C=O) groups excluding carboxylic acids is 2. The van der Waals surface area contributed by atoms with Crippen LogP contribution in [0, 0.1) is 0 Å². The molecule has 1 radical (unpaired) electrons. The van der Waals surface area contributed by atoms with Crippen LogP contribution in [0.1, 0.15) is 31.8 Å². The Hall–Kier alpha value is -5.90. The molecule has 2 heterocycles. The first-order chi connectivity index (χ1) is 22.2. The normalized spacial score (nSPS) is 10.3. The van der Waals surface area contributed by atoms with E-state index in [1.54, 1.807) is 109 Å². The second-order valence-electron chi connectivity index (χ2n) is 10.1. The third-order valence-electron chi connectivity index (χ3n) is 7.06. The van der Waals surface area contributed by atoms with Gasteiger partial charge in [0, 0.05) is 53.4 Å². The van der Waals surface area contributed by atoms with Crippen molar-refractivity contribution < 1.29 is 36.9 Å². The van der Waals surface area contributed by atoms with Gasteiger partial charge in [-0.05, 0) is 0 Å². The third kappa shape index (κ3) is 7.17. The molecule has 47 heavy (non-hydrogen) atoms. The molecule has 4 aromatic carbocycles. The smallest absolute Gasteiger partial charge is 0.309 e. The summed E-state index contributed by atoms with van der Waals surface area (Å²) in [7, 11) is 2.87. The zero-order chi connectivity index (χ0) is 32.8. The van der Waals surface area contributed by atoms with Crippen molar-refractivity contribution in [1.29, 1.82) is 0 Å². The molecule has 0 amide bonds. The fraction of sp³-hybridized carbons (Fsp3) is 0.0556. The van der Waals surface area contributed by atoms with Crippen LogP contribution < -0.4 is 11.1 Å². The summed E-state index contributed by atoms with van der Waals surface area (Å²) in [5, 5.41) is 28.9. The van der Waals surface area contributed by atoms with Crippen molar-refractivity contribution >= 4 is 11.6 Å². The molecule has 6 rings (SSSR count). The molecular weight excluding hydrogens is 648 g/mol. The van der Waals surface area contributed by atoms with Gasteiger partial charge in [0.05, 0.1) is 11.1 Å². The van der Waals surface area contributed by atoms with E-state index in [2.05, 4.69) is 10.2 Å². The Morgan fingerprint density at radius 3 is 1.09 bits per heavy atom. The Balaban J connectivity index is 0.000000208. The number of hydrogen-bond acceptors (Lipinski definition) is 8. The average Bonchev–Trinajstić information content (AvgIpc) is 3.10. The van der Waals surface area contributed by atoms with Gasteiger partial charge >= 0.3 is 11.1 Å². The van der Waals surface area contributed by atoms with E-state index in [0.717, 1.165) is 9.36 Å². The Morgan fingerprint density at radius 1 is 0.511 bits per heavy atom. The number of benzene rings is 4. The Bertz CT molecular complexity index is 2000. The molecule has 0 bridgehead atoms. The van der Waals surface area contributed by atoms with E-state index in [4.69, 9.17) is 0 Å². The molecule has 0 spiro atoms. The summed E-state index contributed by atoms with van der Waals surface area (Å²) in [6.45, 7) is 0. The van der Waals surface area contributed by atoms with Gasteiger partial charge in [-0.1, -0.05) is 121 Å². The number of aromatic nitrogens is 4. The van der Waals surface area contributed by atoms with Crippen molar-refractivity contribution in [2.75, 3.05) is 0 Å². The summed E-state index contributed by atoms with van der Waals surface area (Å²) in [4.78, 5) is 49.6. The molecule has 239 valence electrons. The van der Waals surface area contributed by atoms with E-state index < -0.39 is 34.2 Å². The number of carbonyl (C=O) groups is 2. The predicted octanol–water partition coefficient (Wildman–Crippen LogP) is 4.77. The Labute approximate surface area is 279 Å². The van der Waals surface area contributed by atoms with E-state index in [9.17, 15) is 29.4 Å². The minimum atomic E-state index is -0.705. The summed E-state index contributed by atoms with van der Waals surface area (Å²) >= 11 is 0. The molecule has 0 saturated heterocycles. The van der Waals surface area contributed by atoms with E-state index in [1.807, 2.05) is 12.1 Å². The van der Waals surface area contributed by atoms with Crippen LogP contribution in [-0.2, 0) is 31.2 Å². The fourth-order valence-corrected chi connectivity index (χ4v) is 4.73. The van der Waals surface area contributed by atoms with Crippen molar-refractivity contribution in [3.05, 3.63) is 164 Å². The van der Waals surface area contributed by atoms with Crippen molar-refractivity contribution in [3.8, 4) is 34.0 Å². The molecule has 11 heteroatoms. The van der Waals surface area contributed by atoms with Crippen molar-refractivity contribution in [2.24, 2.45) is 14.1 Å². The molecule has 0 aliphatic heterocycles. The van der Waals surface area contributed by atoms with Gasteiger partial charge in [0.15, 0.2) is 23.1 Å². The number of ketones is 2. The third-order valence-corrected chi connectivity index (χ3v) is 7.06. The minimum absolute atomic E-state index is 0. The van der Waals surface area contributed by atoms with Gasteiger partial charge in [0.2, 0.25) is 0 Å². The van der Waals surface area contributed by atoms with Gasteiger partial charge in [0.1, 0.15) is 11.4 Å². The van der Waals surface area contributed by atoms with Gasteiger partial charge in [-0.15, -0.1) is 0 Å². The van der Waals surface area contributed by atoms with Crippen molar-refractivity contribution in [2.45, 2.75) is 0 Å². The zero-order valence-electron chi connectivity index (χ0n) is 25.2. The molecule has 0 aliphatic carbocycles. The molecule has 0 unspecified atom stereocenters. The second kappa shape index (κ2) is 14.9. The maximum atomic E-state index is 12.8. The van der Waals surface area contributed by atoms with Crippen LogP contribution in [0.5, 0.6) is 11.5 Å². The van der Waals surface area contributed by atoms with Crippen LogP contribution in [0.2, 0.25) is 0 Å². The summed E-state index contributed by atoms with van der Waals surface area (Å²) in [6, 6.07) is 35.0.